The molecule has 0 bridgehead atoms. The lowest BCUT2D eigenvalue weighted by atomic mass is 10.2. The highest BCUT2D eigenvalue weighted by Gasteiger charge is 2.09. The van der Waals surface area contributed by atoms with Crippen LogP contribution in [-0.2, 0) is 6.54 Å². The van der Waals surface area contributed by atoms with Gasteiger partial charge in [0.2, 0.25) is 0 Å². The number of halogens is 1. The number of benzene rings is 1. The molecule has 0 unspecified atom stereocenters. The highest BCUT2D eigenvalue weighted by Crippen LogP contribution is 2.16. The first-order valence-corrected chi connectivity index (χ1v) is 5.43. The van der Waals surface area contributed by atoms with E-state index in [4.69, 9.17) is 5.26 Å². The van der Waals surface area contributed by atoms with Gasteiger partial charge < -0.3 is 4.57 Å². The van der Waals surface area contributed by atoms with Crippen molar-refractivity contribution in [1.82, 2.24) is 4.57 Å². The first-order valence-electron chi connectivity index (χ1n) is 5.43. The van der Waals surface area contributed by atoms with Crippen LogP contribution in [0.1, 0.15) is 22.5 Å². The van der Waals surface area contributed by atoms with Crippen LogP contribution in [0.5, 0.6) is 0 Å². The maximum Gasteiger partial charge on any atom is 0.123 e. The third-order valence-electron chi connectivity index (χ3n) is 2.83. The van der Waals surface area contributed by atoms with Crippen molar-refractivity contribution in [2.24, 2.45) is 0 Å². The van der Waals surface area contributed by atoms with E-state index >= 15 is 0 Å². The minimum Gasteiger partial charge on any atom is -0.332 e. The summed E-state index contributed by atoms with van der Waals surface area (Å²) in [7, 11) is 0. The van der Waals surface area contributed by atoms with Gasteiger partial charge in [-0.2, -0.15) is 5.26 Å². The van der Waals surface area contributed by atoms with Gasteiger partial charge in [0.05, 0.1) is 0 Å². The van der Waals surface area contributed by atoms with Crippen LogP contribution >= 0.6 is 0 Å². The Balaban J connectivity index is 2.40. The predicted octanol–water partition coefficient (Wildman–Crippen LogP) is 3.16. The number of hydrogen-bond donors (Lipinski definition) is 0. The van der Waals surface area contributed by atoms with E-state index < -0.39 is 0 Å². The van der Waals surface area contributed by atoms with Gasteiger partial charge in [-0.1, -0.05) is 12.1 Å². The predicted molar refractivity (Wildman–Crippen MR) is 64.1 cm³/mol. The quantitative estimate of drug-likeness (QED) is 0.776. The van der Waals surface area contributed by atoms with E-state index in [2.05, 4.69) is 6.07 Å². The second-order valence-electron chi connectivity index (χ2n) is 4.15. The zero-order valence-corrected chi connectivity index (χ0v) is 9.87. The van der Waals surface area contributed by atoms with Gasteiger partial charge in [0.1, 0.15) is 17.6 Å². The fourth-order valence-electron chi connectivity index (χ4n) is 2.02. The Kier molecular flexibility index (Phi) is 2.97. The molecule has 1 aromatic heterocycles. The number of nitrogens with zero attached hydrogens (tertiary/aromatic N) is 2. The van der Waals surface area contributed by atoms with Crippen LogP contribution in [0.15, 0.2) is 30.3 Å². The van der Waals surface area contributed by atoms with Crippen molar-refractivity contribution in [1.29, 1.82) is 5.26 Å². The van der Waals surface area contributed by atoms with Crippen molar-refractivity contribution < 1.29 is 4.39 Å². The molecular weight excluding hydrogens is 215 g/mol. The molecule has 2 aromatic rings. The van der Waals surface area contributed by atoms with Gasteiger partial charge >= 0.3 is 0 Å². The average molecular weight is 228 g/mol. The maximum absolute atomic E-state index is 13.1. The molecule has 2 nitrogen and oxygen atoms in total. The molecule has 0 N–H and O–H groups in total. The molecule has 2 rings (SSSR count). The summed E-state index contributed by atoms with van der Waals surface area (Å²) in [6, 6.07) is 10.6. The lowest BCUT2D eigenvalue weighted by molar-refractivity contribution is 0.623. The number of nitriles is 1. The summed E-state index contributed by atoms with van der Waals surface area (Å²) in [4.78, 5) is 0. The third-order valence-corrected chi connectivity index (χ3v) is 2.83. The van der Waals surface area contributed by atoms with Gasteiger partial charge in [0.25, 0.3) is 0 Å². The monoisotopic (exact) mass is 228 g/mol. The van der Waals surface area contributed by atoms with Gasteiger partial charge in [-0.15, -0.1) is 0 Å². The maximum atomic E-state index is 13.1. The van der Waals surface area contributed by atoms with Crippen LogP contribution in [-0.4, -0.2) is 4.57 Å². The molecule has 0 atom stereocenters. The van der Waals surface area contributed by atoms with E-state index in [1.807, 2.05) is 30.5 Å². The van der Waals surface area contributed by atoms with Gasteiger partial charge in [0.15, 0.2) is 0 Å². The highest BCUT2D eigenvalue weighted by molar-refractivity contribution is 5.36. The largest absolute Gasteiger partial charge is 0.332 e. The molecule has 0 radical (unpaired) electrons. The Labute approximate surface area is 99.9 Å². The first-order chi connectivity index (χ1) is 8.11. The minimum atomic E-state index is -0.248. The van der Waals surface area contributed by atoms with Crippen LogP contribution in [0.2, 0.25) is 0 Å². The van der Waals surface area contributed by atoms with Crippen molar-refractivity contribution >= 4 is 0 Å². The van der Waals surface area contributed by atoms with Crippen LogP contribution in [0.3, 0.4) is 0 Å². The zero-order chi connectivity index (χ0) is 12.4. The van der Waals surface area contributed by atoms with Crippen LogP contribution < -0.4 is 0 Å². The van der Waals surface area contributed by atoms with Crippen molar-refractivity contribution in [2.75, 3.05) is 0 Å². The SMILES string of the molecule is Cc1cc(C)n(Cc2cccc(F)c2)c1C#N. The van der Waals surface area contributed by atoms with Gasteiger partial charge in [-0.25, -0.2) is 4.39 Å². The normalized spacial score (nSPS) is 10.2. The molecular formula is C14H13FN2. The van der Waals surface area contributed by atoms with E-state index in [1.54, 1.807) is 6.07 Å². The summed E-state index contributed by atoms with van der Waals surface area (Å²) in [6.07, 6.45) is 0. The summed E-state index contributed by atoms with van der Waals surface area (Å²) in [5, 5.41) is 9.10. The molecule has 1 heterocycles. The fourth-order valence-corrected chi connectivity index (χ4v) is 2.02. The summed E-state index contributed by atoms with van der Waals surface area (Å²) in [6.45, 7) is 4.39. The number of aromatic nitrogens is 1. The summed E-state index contributed by atoms with van der Waals surface area (Å²) in [5.41, 5.74) is 3.48. The van der Waals surface area contributed by atoms with Crippen LogP contribution in [0, 0.1) is 31.0 Å². The van der Waals surface area contributed by atoms with E-state index in [0.717, 1.165) is 16.8 Å². The molecule has 86 valence electrons. The van der Waals surface area contributed by atoms with Crippen molar-refractivity contribution in [3.8, 4) is 6.07 Å². The Morgan fingerprint density at radius 2 is 2.06 bits per heavy atom. The lowest BCUT2D eigenvalue weighted by Crippen LogP contribution is -2.04. The number of hydrogen-bond acceptors (Lipinski definition) is 1. The van der Waals surface area contributed by atoms with Gasteiger partial charge in [-0.3, -0.25) is 0 Å². The zero-order valence-electron chi connectivity index (χ0n) is 9.87. The number of rotatable bonds is 2. The smallest absolute Gasteiger partial charge is 0.123 e. The molecule has 17 heavy (non-hydrogen) atoms. The van der Waals surface area contributed by atoms with Crippen molar-refractivity contribution in [2.45, 2.75) is 20.4 Å². The van der Waals surface area contributed by atoms with Gasteiger partial charge in [0, 0.05) is 12.2 Å². The van der Waals surface area contributed by atoms with Crippen molar-refractivity contribution in [3.05, 3.63) is 58.7 Å². The lowest BCUT2D eigenvalue weighted by Gasteiger charge is -2.08. The molecule has 0 saturated heterocycles. The molecule has 1 aromatic carbocycles. The Hall–Kier alpha value is -2.08. The second-order valence-corrected chi connectivity index (χ2v) is 4.15. The molecule has 3 heteroatoms. The summed E-state index contributed by atoms with van der Waals surface area (Å²) >= 11 is 0. The molecule has 0 fully saturated rings. The van der Waals surface area contributed by atoms with E-state index in [9.17, 15) is 4.39 Å². The van der Waals surface area contributed by atoms with E-state index in [0.29, 0.717) is 12.2 Å². The minimum absolute atomic E-state index is 0.248. The standard InChI is InChI=1S/C14H13FN2/c1-10-6-11(2)17(14(10)8-16)9-12-4-3-5-13(15)7-12/h3-7H,9H2,1-2H3. The molecule has 0 saturated carbocycles. The third kappa shape index (κ3) is 2.21. The average Bonchev–Trinajstić information content (AvgIpc) is 2.53. The molecule has 0 aliphatic rings. The molecule has 0 amide bonds. The molecule has 0 aliphatic heterocycles. The number of aryl methyl sites for hydroxylation is 2. The van der Waals surface area contributed by atoms with Crippen molar-refractivity contribution in [3.63, 3.8) is 0 Å². The topological polar surface area (TPSA) is 28.7 Å². The Morgan fingerprint density at radius 1 is 1.29 bits per heavy atom. The van der Waals surface area contributed by atoms with Gasteiger partial charge in [-0.05, 0) is 43.2 Å². The summed E-state index contributed by atoms with van der Waals surface area (Å²) in [5.74, 6) is -0.248. The molecule has 0 spiro atoms. The molecule has 0 aliphatic carbocycles. The highest BCUT2D eigenvalue weighted by atomic mass is 19.1. The fraction of sp³-hybridized carbons (Fsp3) is 0.214. The summed E-state index contributed by atoms with van der Waals surface area (Å²) < 4.78 is 15.0. The van der Waals surface area contributed by atoms with E-state index in [-0.39, 0.29) is 5.82 Å². The Morgan fingerprint density at radius 3 is 2.71 bits per heavy atom. The van der Waals surface area contributed by atoms with Crippen LogP contribution in [0.4, 0.5) is 4.39 Å². The first kappa shape index (κ1) is 11.4. The van der Waals surface area contributed by atoms with E-state index in [1.165, 1.54) is 12.1 Å². The Bertz CT molecular complexity index is 591. The van der Waals surface area contributed by atoms with Crippen LogP contribution in [0.25, 0.3) is 0 Å². The second kappa shape index (κ2) is 4.42.